The molecule has 0 bridgehead atoms. The third-order valence-corrected chi connectivity index (χ3v) is 19.7. The Morgan fingerprint density at radius 1 is 0.154 bits per heavy atom. The lowest BCUT2D eigenvalue weighted by Crippen LogP contribution is -1.97. The molecule has 0 N–H and O–H groups in total. The summed E-state index contributed by atoms with van der Waals surface area (Å²) in [5.74, 6) is 1.38. The van der Waals surface area contributed by atoms with Crippen molar-refractivity contribution in [2.24, 2.45) is 0 Å². The van der Waals surface area contributed by atoms with Crippen LogP contribution in [0.1, 0.15) is 0 Å². The number of para-hydroxylation sites is 2. The molecule has 20 rings (SSSR count). The third kappa shape index (κ3) is 11.3. The number of nitrogens with zero attached hydrogens (tertiary/aromatic N) is 8. The maximum absolute atomic E-state index is 5.38. The predicted molar refractivity (Wildman–Crippen MR) is 430 cm³/mol. The van der Waals surface area contributed by atoms with Crippen molar-refractivity contribution >= 4 is 87.0 Å². The fourth-order valence-electron chi connectivity index (χ4n) is 14.6. The minimum atomic E-state index is 0.685. The van der Waals surface area contributed by atoms with Gasteiger partial charge in [0.25, 0.3) is 0 Å². The monoisotopic (exact) mass is 1320 g/mol. The lowest BCUT2D eigenvalue weighted by Gasteiger charge is -2.15. The minimum absolute atomic E-state index is 0.685. The number of pyridine rings is 4. The summed E-state index contributed by atoms with van der Waals surface area (Å²) in [6.07, 6.45) is 0. The van der Waals surface area contributed by atoms with Crippen LogP contribution < -0.4 is 0 Å². The highest BCUT2D eigenvalue weighted by Gasteiger charge is 2.21. The van der Waals surface area contributed by atoms with Crippen molar-refractivity contribution in [2.45, 2.75) is 0 Å². The average molecular weight is 1330 g/mol. The highest BCUT2D eigenvalue weighted by Crippen LogP contribution is 2.43. The molecule has 8 heteroatoms. The summed E-state index contributed by atoms with van der Waals surface area (Å²) in [6.45, 7) is 0. The molecule has 0 radical (unpaired) electrons. The van der Waals surface area contributed by atoms with E-state index in [1.807, 2.05) is 72.8 Å². The average Bonchev–Trinajstić information content (AvgIpc) is 0.727. The van der Waals surface area contributed by atoms with Crippen LogP contribution in [0.2, 0.25) is 0 Å². The highest BCUT2D eigenvalue weighted by molar-refractivity contribution is 6.18. The zero-order valence-corrected chi connectivity index (χ0v) is 56.2. The molecule has 0 spiro atoms. The van der Waals surface area contributed by atoms with E-state index in [9.17, 15) is 0 Å². The van der Waals surface area contributed by atoms with Crippen molar-refractivity contribution in [3.63, 3.8) is 0 Å². The van der Waals surface area contributed by atoms with Crippen LogP contribution in [0.4, 0.5) is 0 Å². The largest absolute Gasteiger partial charge is 0.245 e. The second kappa shape index (κ2) is 26.2. The first-order valence-corrected chi connectivity index (χ1v) is 35.0. The van der Waals surface area contributed by atoms with Gasteiger partial charge in [0.15, 0.2) is 11.6 Å². The summed E-state index contributed by atoms with van der Waals surface area (Å²) in [5.41, 5.74) is 23.8. The molecule has 0 atom stereocenters. The Labute approximate surface area is 599 Å². The Morgan fingerprint density at radius 3 is 0.952 bits per heavy atom. The minimum Gasteiger partial charge on any atom is -0.245 e. The van der Waals surface area contributed by atoms with Crippen molar-refractivity contribution in [1.82, 2.24) is 39.9 Å². The summed E-state index contributed by atoms with van der Waals surface area (Å²) in [6, 6.07) is 126. The van der Waals surface area contributed by atoms with Crippen LogP contribution in [0, 0.1) is 0 Å². The number of aromatic nitrogens is 8. The first kappa shape index (κ1) is 61.0. The Morgan fingerprint density at radius 2 is 0.490 bits per heavy atom. The lowest BCUT2D eigenvalue weighted by atomic mass is 9.94. The predicted octanol–water partition coefficient (Wildman–Crippen LogP) is 24.4. The van der Waals surface area contributed by atoms with Crippen LogP contribution in [-0.2, 0) is 0 Å². The zero-order chi connectivity index (χ0) is 68.9. The Balaban J connectivity index is 0.000000143. The van der Waals surface area contributed by atoms with Crippen molar-refractivity contribution in [2.75, 3.05) is 0 Å². The van der Waals surface area contributed by atoms with Gasteiger partial charge in [-0.3, -0.25) is 0 Å². The van der Waals surface area contributed by atoms with E-state index in [1.165, 1.54) is 16.7 Å². The van der Waals surface area contributed by atoms with Crippen molar-refractivity contribution in [3.8, 4) is 113 Å². The van der Waals surface area contributed by atoms with E-state index in [2.05, 4.69) is 291 Å². The third-order valence-electron chi connectivity index (χ3n) is 19.7. The highest BCUT2D eigenvalue weighted by atomic mass is 14.9. The van der Waals surface area contributed by atoms with Crippen molar-refractivity contribution in [3.05, 3.63) is 364 Å². The van der Waals surface area contributed by atoms with Crippen molar-refractivity contribution < 1.29 is 0 Å². The first-order valence-electron chi connectivity index (χ1n) is 35.0. The fourth-order valence-corrected chi connectivity index (χ4v) is 14.6. The van der Waals surface area contributed by atoms with Gasteiger partial charge in [0, 0.05) is 88.0 Å². The van der Waals surface area contributed by atoms with Gasteiger partial charge in [0.1, 0.15) is 0 Å². The molecule has 0 saturated carbocycles. The molecular formula is C96H60N8. The van der Waals surface area contributed by atoms with E-state index in [-0.39, 0.29) is 0 Å². The van der Waals surface area contributed by atoms with Gasteiger partial charge in [-0.1, -0.05) is 309 Å². The lowest BCUT2D eigenvalue weighted by molar-refractivity contribution is 1.18. The summed E-state index contributed by atoms with van der Waals surface area (Å²) in [7, 11) is 0. The molecule has 104 heavy (non-hydrogen) atoms. The van der Waals surface area contributed by atoms with E-state index in [4.69, 9.17) is 39.9 Å². The van der Waals surface area contributed by atoms with E-state index < -0.39 is 0 Å². The number of hydrogen-bond donors (Lipinski definition) is 0. The maximum atomic E-state index is 5.38. The number of rotatable bonds is 10. The second-order valence-electron chi connectivity index (χ2n) is 26.1. The molecule has 484 valence electrons. The Hall–Kier alpha value is -14.1. The zero-order valence-electron chi connectivity index (χ0n) is 56.2. The van der Waals surface area contributed by atoms with Crippen molar-refractivity contribution in [1.29, 1.82) is 0 Å². The standard InChI is InChI=1S/2C48H30N4/c1-4-14-31(15-5-1)43-30-44(32-16-6-2-7-17-32)52-48(51-43)38-28-27-37(35-20-10-11-21-36(35)38)42-29-25-34-24-26-40-45(33-18-8-3-9-19-33)39-22-12-13-23-41(39)50-47(40)46(34)49-42;1-4-12-31(13-5-1)43-30-44(32-14-6-2-7-15-32)52-48(51-43)38-23-21-35-28-37(22-20-36(35)29-38)41-27-25-34-24-26-40-45(33-16-8-3-9-17-33)39-18-10-11-19-42(39)50-47(40)46(34)49-41/h2*1-30H. The molecular weight excluding hydrogens is 1270 g/mol. The van der Waals surface area contributed by atoms with Crippen LogP contribution in [0.5, 0.6) is 0 Å². The molecule has 6 heterocycles. The van der Waals surface area contributed by atoms with Gasteiger partial charge >= 0.3 is 0 Å². The Bertz CT molecular complexity index is 6580. The van der Waals surface area contributed by atoms with Gasteiger partial charge in [0.2, 0.25) is 0 Å². The second-order valence-corrected chi connectivity index (χ2v) is 26.1. The molecule has 0 aliphatic rings. The van der Waals surface area contributed by atoms with Gasteiger partial charge in [-0.25, -0.2) is 39.9 Å². The number of hydrogen-bond acceptors (Lipinski definition) is 8. The molecule has 0 unspecified atom stereocenters. The van der Waals surface area contributed by atoms with Crippen LogP contribution in [0.15, 0.2) is 364 Å². The summed E-state index contributed by atoms with van der Waals surface area (Å²) in [4.78, 5) is 41.5. The molecule has 0 saturated heterocycles. The maximum Gasteiger partial charge on any atom is 0.161 e. The van der Waals surface area contributed by atoms with Crippen LogP contribution in [-0.4, -0.2) is 39.9 Å². The van der Waals surface area contributed by atoms with Gasteiger partial charge < -0.3 is 0 Å². The summed E-state index contributed by atoms with van der Waals surface area (Å²) in [5, 5.41) is 11.0. The van der Waals surface area contributed by atoms with Crippen LogP contribution in [0.3, 0.4) is 0 Å². The SMILES string of the molecule is c1ccc(-c2cc(-c3ccccc3)nc(-c3ccc(-c4ccc5ccc6c(-c7ccccc7)c7ccccc7nc6c5n4)c4ccccc34)n2)cc1.c1ccc(-c2cc(-c3ccccc3)nc(-c3ccc4cc(-c5ccc6ccc7c(-c8ccccc8)c8ccccc8nc7c6n5)ccc4c3)n2)cc1. The smallest absolute Gasteiger partial charge is 0.161 e. The summed E-state index contributed by atoms with van der Waals surface area (Å²) < 4.78 is 0. The van der Waals surface area contributed by atoms with E-state index >= 15 is 0 Å². The number of benzene rings is 14. The van der Waals surface area contributed by atoms with E-state index in [1.54, 1.807) is 0 Å². The normalized spacial score (nSPS) is 11.5. The molecule has 8 nitrogen and oxygen atoms in total. The van der Waals surface area contributed by atoms with Gasteiger partial charge in [-0.05, 0) is 87.3 Å². The molecule has 0 aliphatic carbocycles. The molecule has 14 aromatic carbocycles. The van der Waals surface area contributed by atoms with Gasteiger partial charge in [0.05, 0.1) is 67.3 Å². The first-order chi connectivity index (χ1) is 51.5. The van der Waals surface area contributed by atoms with Gasteiger partial charge in [-0.15, -0.1) is 0 Å². The quantitative estimate of drug-likeness (QED) is 0.0985. The fraction of sp³-hybridized carbons (Fsp3) is 0. The van der Waals surface area contributed by atoms with Crippen LogP contribution in [0.25, 0.3) is 200 Å². The number of fused-ring (bicyclic) bond motifs is 10. The molecule has 0 fully saturated rings. The summed E-state index contributed by atoms with van der Waals surface area (Å²) >= 11 is 0. The molecule has 20 aromatic rings. The van der Waals surface area contributed by atoms with E-state index in [0.29, 0.717) is 11.6 Å². The molecule has 0 aliphatic heterocycles. The van der Waals surface area contributed by atoms with Crippen LogP contribution >= 0.6 is 0 Å². The molecule has 0 amide bonds. The topological polar surface area (TPSA) is 103 Å². The molecule has 6 aromatic heterocycles. The Kier molecular flexibility index (Phi) is 15.4. The van der Waals surface area contributed by atoms with Gasteiger partial charge in [-0.2, -0.15) is 0 Å². The van der Waals surface area contributed by atoms with E-state index in [0.717, 1.165) is 171 Å².